The van der Waals surface area contributed by atoms with Crippen LogP contribution in [0.5, 0.6) is 5.75 Å². The van der Waals surface area contributed by atoms with Gasteiger partial charge in [0.15, 0.2) is 28.7 Å². The zero-order chi connectivity index (χ0) is 29.7. The number of aliphatic hydroxyl groups is 2. The standard InChI is InChI=1S/C32H34O8/c1-15(2)22-25(35)20(16(3)33)27(37)32(40)28(38)24-26(36)21-19(34)13-12-18(17-10-8-7-9-11-17)23(21)31(6,39)29(24,4)14-30(22,32)5/h7-13,15,20,22,24,34,39-40H,14H2,1-6H3/t20?,22?,24?,29-,30-,31?,32+/m1/s1. The van der Waals surface area contributed by atoms with Gasteiger partial charge in [0.1, 0.15) is 17.5 Å². The van der Waals surface area contributed by atoms with Crippen LogP contribution in [0, 0.1) is 34.5 Å². The van der Waals surface area contributed by atoms with Crippen LogP contribution in [0.2, 0.25) is 0 Å². The van der Waals surface area contributed by atoms with Crippen molar-refractivity contribution in [2.75, 3.05) is 0 Å². The van der Waals surface area contributed by atoms with E-state index in [9.17, 15) is 39.3 Å². The van der Waals surface area contributed by atoms with Crippen LogP contribution in [0.25, 0.3) is 11.1 Å². The van der Waals surface area contributed by atoms with Gasteiger partial charge in [-0.05, 0) is 43.4 Å². The van der Waals surface area contributed by atoms with E-state index in [1.54, 1.807) is 51.1 Å². The molecule has 0 heterocycles. The molecule has 210 valence electrons. The highest BCUT2D eigenvalue weighted by molar-refractivity contribution is 6.32. The summed E-state index contributed by atoms with van der Waals surface area (Å²) in [5, 5.41) is 35.5. The van der Waals surface area contributed by atoms with Crippen LogP contribution in [0.1, 0.15) is 63.9 Å². The fraction of sp³-hybridized carbons (Fsp3) is 0.469. The molecule has 3 aliphatic rings. The van der Waals surface area contributed by atoms with Crippen molar-refractivity contribution in [3.8, 4) is 16.9 Å². The maximum atomic E-state index is 14.4. The van der Waals surface area contributed by atoms with Gasteiger partial charge in [0, 0.05) is 22.3 Å². The highest BCUT2D eigenvalue weighted by atomic mass is 16.3. The number of hydrogen-bond donors (Lipinski definition) is 3. The third-order valence-electron chi connectivity index (χ3n) is 10.2. The van der Waals surface area contributed by atoms with E-state index in [0.717, 1.165) is 6.92 Å². The van der Waals surface area contributed by atoms with Crippen molar-refractivity contribution in [1.82, 2.24) is 0 Å². The molecule has 5 rings (SSSR count). The number of rotatable bonds is 3. The molecule has 0 spiro atoms. The van der Waals surface area contributed by atoms with Crippen LogP contribution in [0.4, 0.5) is 0 Å². The molecule has 0 radical (unpaired) electrons. The second kappa shape index (κ2) is 8.51. The summed E-state index contributed by atoms with van der Waals surface area (Å²) in [7, 11) is 0. The second-order valence-corrected chi connectivity index (χ2v) is 12.7. The molecule has 3 N–H and O–H groups in total. The first-order valence-corrected chi connectivity index (χ1v) is 13.5. The molecular weight excluding hydrogens is 512 g/mol. The zero-order valence-corrected chi connectivity index (χ0v) is 23.4. The summed E-state index contributed by atoms with van der Waals surface area (Å²) in [5.41, 5.74) is -7.04. The Morgan fingerprint density at radius 3 is 2.05 bits per heavy atom. The molecule has 3 aliphatic carbocycles. The number of carbonyl (C=O) groups excluding carboxylic acids is 5. The summed E-state index contributed by atoms with van der Waals surface area (Å²) in [6, 6.07) is 11.9. The SMILES string of the molecule is CC(=O)C1C(=O)C(C(C)C)[C@@]2(C)C[C@]3(C)C(C(=O)c4c(O)ccc(-c5ccccc5)c4C3(C)O)C(=O)[C@@]2(O)C1=O. The van der Waals surface area contributed by atoms with Gasteiger partial charge in [-0.1, -0.05) is 64.1 Å². The van der Waals surface area contributed by atoms with Gasteiger partial charge >= 0.3 is 0 Å². The van der Waals surface area contributed by atoms with Gasteiger partial charge in [0.2, 0.25) is 0 Å². The predicted molar refractivity (Wildman–Crippen MR) is 144 cm³/mol. The Bertz CT molecular complexity index is 1500. The monoisotopic (exact) mass is 546 g/mol. The molecule has 0 aliphatic heterocycles. The van der Waals surface area contributed by atoms with E-state index in [1.165, 1.54) is 19.9 Å². The summed E-state index contributed by atoms with van der Waals surface area (Å²) >= 11 is 0. The molecule has 0 aromatic heterocycles. The molecule has 2 saturated carbocycles. The van der Waals surface area contributed by atoms with Crippen LogP contribution in [-0.2, 0) is 24.8 Å². The van der Waals surface area contributed by atoms with Gasteiger partial charge in [-0.2, -0.15) is 0 Å². The van der Waals surface area contributed by atoms with Crippen LogP contribution in [-0.4, -0.2) is 49.8 Å². The van der Waals surface area contributed by atoms with Crippen molar-refractivity contribution in [2.45, 2.75) is 59.2 Å². The molecule has 0 amide bonds. The van der Waals surface area contributed by atoms with Crippen molar-refractivity contribution in [3.05, 3.63) is 53.6 Å². The van der Waals surface area contributed by atoms with Gasteiger partial charge in [-0.15, -0.1) is 0 Å². The Kier molecular flexibility index (Phi) is 5.97. The molecule has 0 bridgehead atoms. The van der Waals surface area contributed by atoms with E-state index in [4.69, 9.17) is 0 Å². The van der Waals surface area contributed by atoms with Crippen molar-refractivity contribution in [2.24, 2.45) is 34.5 Å². The molecule has 8 heteroatoms. The molecule has 2 fully saturated rings. The Hall–Kier alpha value is -3.49. The number of phenols is 1. The fourth-order valence-electron chi connectivity index (χ4n) is 8.29. The average molecular weight is 547 g/mol. The second-order valence-electron chi connectivity index (χ2n) is 12.7. The first-order chi connectivity index (χ1) is 18.5. The smallest absolute Gasteiger partial charge is 0.190 e. The molecule has 2 aromatic carbocycles. The molecule has 8 nitrogen and oxygen atoms in total. The minimum Gasteiger partial charge on any atom is -0.507 e. The lowest BCUT2D eigenvalue weighted by atomic mass is 9.37. The summed E-state index contributed by atoms with van der Waals surface area (Å²) in [5.74, 6) is -10.2. The number of ketones is 5. The lowest BCUT2D eigenvalue weighted by molar-refractivity contribution is -0.223. The van der Waals surface area contributed by atoms with Crippen LogP contribution < -0.4 is 0 Å². The van der Waals surface area contributed by atoms with Crippen molar-refractivity contribution in [1.29, 1.82) is 0 Å². The molecule has 40 heavy (non-hydrogen) atoms. The molecule has 2 aromatic rings. The molecule has 4 unspecified atom stereocenters. The Morgan fingerprint density at radius 1 is 0.900 bits per heavy atom. The van der Waals surface area contributed by atoms with Crippen LogP contribution >= 0.6 is 0 Å². The summed E-state index contributed by atoms with van der Waals surface area (Å²) in [6.07, 6.45) is -0.250. The minimum atomic E-state index is -2.83. The van der Waals surface area contributed by atoms with E-state index in [1.807, 2.05) is 6.07 Å². The number of phenolic OH excluding ortho intramolecular Hbond substituents is 1. The maximum absolute atomic E-state index is 14.4. The Labute approximate surface area is 232 Å². The lowest BCUT2D eigenvalue weighted by Gasteiger charge is -2.64. The Balaban J connectivity index is 1.84. The average Bonchev–Trinajstić information content (AvgIpc) is 2.85. The van der Waals surface area contributed by atoms with Crippen molar-refractivity contribution in [3.63, 3.8) is 0 Å². The van der Waals surface area contributed by atoms with Gasteiger partial charge in [0.05, 0.1) is 17.1 Å². The molecule has 7 atom stereocenters. The highest BCUT2D eigenvalue weighted by Gasteiger charge is 2.79. The largest absolute Gasteiger partial charge is 0.507 e. The highest BCUT2D eigenvalue weighted by Crippen LogP contribution is 2.68. The van der Waals surface area contributed by atoms with E-state index in [-0.39, 0.29) is 17.5 Å². The van der Waals surface area contributed by atoms with Crippen LogP contribution in [0.15, 0.2) is 42.5 Å². The quantitative estimate of drug-likeness (QED) is 0.497. The normalized spacial score (nSPS) is 37.2. The van der Waals surface area contributed by atoms with Crippen molar-refractivity contribution >= 4 is 28.9 Å². The van der Waals surface area contributed by atoms with Gasteiger partial charge < -0.3 is 15.3 Å². The third-order valence-corrected chi connectivity index (χ3v) is 10.2. The third kappa shape index (κ3) is 3.12. The van der Waals surface area contributed by atoms with Gasteiger partial charge in [-0.25, -0.2) is 0 Å². The lowest BCUT2D eigenvalue weighted by Crippen LogP contribution is -2.78. The Morgan fingerprint density at radius 2 is 1.50 bits per heavy atom. The fourth-order valence-corrected chi connectivity index (χ4v) is 8.29. The first-order valence-electron chi connectivity index (χ1n) is 13.5. The summed E-state index contributed by atoms with van der Waals surface area (Å²) < 4.78 is 0. The number of Topliss-reactive ketones (excluding diaryl/α,β-unsaturated/α-hetero) is 5. The first kappa shape index (κ1) is 28.1. The van der Waals surface area contributed by atoms with Gasteiger partial charge in [-0.3, -0.25) is 24.0 Å². The minimum absolute atomic E-state index is 0.139. The van der Waals surface area contributed by atoms with Crippen LogP contribution in [0.3, 0.4) is 0 Å². The number of fused-ring (bicyclic) bond motifs is 3. The van der Waals surface area contributed by atoms with E-state index >= 15 is 0 Å². The molecule has 0 saturated heterocycles. The molecular formula is C32H34O8. The summed E-state index contributed by atoms with van der Waals surface area (Å²) in [6.45, 7) is 8.99. The van der Waals surface area contributed by atoms with Crippen molar-refractivity contribution < 1.29 is 39.3 Å². The van der Waals surface area contributed by atoms with Gasteiger partial charge in [0.25, 0.3) is 0 Å². The number of aromatic hydroxyl groups is 1. The van der Waals surface area contributed by atoms with E-state index in [0.29, 0.717) is 11.1 Å². The summed E-state index contributed by atoms with van der Waals surface area (Å²) in [4.78, 5) is 68.6. The topological polar surface area (TPSA) is 146 Å². The number of benzene rings is 2. The zero-order valence-electron chi connectivity index (χ0n) is 23.4. The van der Waals surface area contributed by atoms with E-state index < -0.39 is 80.4 Å². The maximum Gasteiger partial charge on any atom is 0.190 e. The van der Waals surface area contributed by atoms with E-state index in [2.05, 4.69) is 0 Å². The number of hydrogen-bond acceptors (Lipinski definition) is 8. The number of carbonyl (C=O) groups is 5. The predicted octanol–water partition coefficient (Wildman–Crippen LogP) is 3.42.